The van der Waals surface area contributed by atoms with Crippen molar-refractivity contribution >= 4 is 11.4 Å². The Kier molecular flexibility index (Phi) is 3.29. The molecule has 3 rings (SSSR count). The average Bonchev–Trinajstić information content (AvgIpc) is 2.83. The van der Waals surface area contributed by atoms with E-state index in [1.165, 1.54) is 24.3 Å². The van der Waals surface area contributed by atoms with Crippen molar-refractivity contribution in [3.63, 3.8) is 0 Å². The maximum atomic E-state index is 14.1. The van der Waals surface area contributed by atoms with Gasteiger partial charge in [-0.1, -0.05) is 18.2 Å². The van der Waals surface area contributed by atoms with Gasteiger partial charge in [-0.2, -0.15) is 4.39 Å². The fraction of sp³-hybridized carbons (Fsp3) is 0.200. The Balaban J connectivity index is 1.91. The predicted octanol–water partition coefficient (Wildman–Crippen LogP) is 3.44. The first-order valence-corrected chi connectivity index (χ1v) is 6.51. The molecule has 0 saturated heterocycles. The third-order valence-corrected chi connectivity index (χ3v) is 3.66. The van der Waals surface area contributed by atoms with Crippen molar-refractivity contribution in [2.45, 2.75) is 13.0 Å². The number of halogens is 2. The zero-order valence-corrected chi connectivity index (χ0v) is 11.1. The summed E-state index contributed by atoms with van der Waals surface area (Å²) < 4.78 is 27.4. The first-order valence-electron chi connectivity index (χ1n) is 6.51. The van der Waals surface area contributed by atoms with E-state index < -0.39 is 16.4 Å². The molecular weight excluding hydrogens is 278 g/mol. The van der Waals surface area contributed by atoms with Gasteiger partial charge < -0.3 is 4.90 Å². The third-order valence-electron chi connectivity index (χ3n) is 3.66. The van der Waals surface area contributed by atoms with Gasteiger partial charge in [-0.3, -0.25) is 10.1 Å². The molecule has 0 radical (unpaired) electrons. The van der Waals surface area contributed by atoms with E-state index in [0.717, 1.165) is 23.7 Å². The quantitative estimate of drug-likeness (QED) is 0.642. The van der Waals surface area contributed by atoms with E-state index in [9.17, 15) is 18.9 Å². The van der Waals surface area contributed by atoms with Crippen LogP contribution in [0.2, 0.25) is 0 Å². The Labute approximate surface area is 119 Å². The number of benzene rings is 2. The minimum Gasteiger partial charge on any atom is -0.366 e. The van der Waals surface area contributed by atoms with Crippen LogP contribution >= 0.6 is 0 Å². The van der Waals surface area contributed by atoms with Crippen molar-refractivity contribution in [1.29, 1.82) is 0 Å². The molecule has 2 aromatic rings. The Morgan fingerprint density at radius 1 is 1.24 bits per heavy atom. The van der Waals surface area contributed by atoms with Gasteiger partial charge in [-0.15, -0.1) is 0 Å². The molecule has 0 aromatic heterocycles. The van der Waals surface area contributed by atoms with Gasteiger partial charge in [-0.05, 0) is 24.1 Å². The summed E-state index contributed by atoms with van der Waals surface area (Å²) in [7, 11) is 0. The van der Waals surface area contributed by atoms with Crippen molar-refractivity contribution in [1.82, 2.24) is 0 Å². The van der Waals surface area contributed by atoms with E-state index in [-0.39, 0.29) is 17.9 Å². The molecule has 0 bridgehead atoms. The number of fused-ring (bicyclic) bond motifs is 1. The molecule has 108 valence electrons. The number of anilines is 1. The van der Waals surface area contributed by atoms with Crippen molar-refractivity contribution < 1.29 is 13.7 Å². The molecule has 4 nitrogen and oxygen atoms in total. The number of nitrogens with zero attached hydrogens (tertiary/aromatic N) is 2. The highest BCUT2D eigenvalue weighted by Crippen LogP contribution is 2.31. The SMILES string of the molecule is O=[N+]([O-])c1cccc(CN2CCc3ccc(F)cc32)c1F. The molecule has 0 unspecified atom stereocenters. The fourth-order valence-electron chi connectivity index (χ4n) is 2.62. The fourth-order valence-corrected chi connectivity index (χ4v) is 2.62. The van der Waals surface area contributed by atoms with E-state index in [4.69, 9.17) is 0 Å². The van der Waals surface area contributed by atoms with Gasteiger partial charge >= 0.3 is 5.69 Å². The number of nitro groups is 1. The van der Waals surface area contributed by atoms with E-state index in [1.807, 2.05) is 4.90 Å². The van der Waals surface area contributed by atoms with Gasteiger partial charge in [-0.25, -0.2) is 4.39 Å². The zero-order chi connectivity index (χ0) is 15.0. The van der Waals surface area contributed by atoms with Gasteiger partial charge in [0.15, 0.2) is 0 Å². The monoisotopic (exact) mass is 290 g/mol. The molecule has 1 aliphatic heterocycles. The summed E-state index contributed by atoms with van der Waals surface area (Å²) in [5.74, 6) is -1.17. The van der Waals surface area contributed by atoms with Crippen LogP contribution in [0.25, 0.3) is 0 Å². The summed E-state index contributed by atoms with van der Waals surface area (Å²) in [4.78, 5) is 11.9. The summed E-state index contributed by atoms with van der Waals surface area (Å²) in [6, 6.07) is 8.64. The number of nitro benzene ring substituents is 1. The highest BCUT2D eigenvalue weighted by molar-refractivity contribution is 5.58. The molecule has 0 aliphatic carbocycles. The molecule has 1 aliphatic rings. The van der Waals surface area contributed by atoms with Crippen LogP contribution in [0.4, 0.5) is 20.2 Å². The lowest BCUT2D eigenvalue weighted by Gasteiger charge is -2.19. The summed E-state index contributed by atoms with van der Waals surface area (Å²) in [6.07, 6.45) is 0.756. The first kappa shape index (κ1) is 13.5. The summed E-state index contributed by atoms with van der Waals surface area (Å²) in [6.45, 7) is 0.824. The van der Waals surface area contributed by atoms with Gasteiger partial charge in [0.1, 0.15) is 5.82 Å². The average molecular weight is 290 g/mol. The molecule has 6 heteroatoms. The minimum atomic E-state index is -0.827. The molecule has 2 aromatic carbocycles. The van der Waals surface area contributed by atoms with Crippen molar-refractivity contribution in [3.8, 4) is 0 Å². The molecule has 21 heavy (non-hydrogen) atoms. The van der Waals surface area contributed by atoms with Crippen LogP contribution in [0.1, 0.15) is 11.1 Å². The smallest absolute Gasteiger partial charge is 0.305 e. The Morgan fingerprint density at radius 2 is 2.05 bits per heavy atom. The third kappa shape index (κ3) is 2.44. The zero-order valence-electron chi connectivity index (χ0n) is 11.1. The van der Waals surface area contributed by atoms with Crippen LogP contribution in [0.3, 0.4) is 0 Å². The van der Waals surface area contributed by atoms with Crippen LogP contribution in [0.15, 0.2) is 36.4 Å². The number of hydrogen-bond donors (Lipinski definition) is 0. The summed E-state index contributed by atoms with van der Waals surface area (Å²) in [5, 5.41) is 10.8. The molecule has 1 heterocycles. The summed E-state index contributed by atoms with van der Waals surface area (Å²) >= 11 is 0. The number of hydrogen-bond acceptors (Lipinski definition) is 3. The molecule has 0 amide bonds. The van der Waals surface area contributed by atoms with Crippen molar-refractivity contribution in [3.05, 3.63) is 69.3 Å². The van der Waals surface area contributed by atoms with Crippen LogP contribution in [-0.4, -0.2) is 11.5 Å². The van der Waals surface area contributed by atoms with Crippen LogP contribution < -0.4 is 4.90 Å². The molecule has 0 N–H and O–H groups in total. The van der Waals surface area contributed by atoms with Gasteiger partial charge in [0.05, 0.1) is 4.92 Å². The normalized spacial score (nSPS) is 13.3. The predicted molar refractivity (Wildman–Crippen MR) is 74.2 cm³/mol. The maximum absolute atomic E-state index is 14.1. The molecule has 0 saturated carbocycles. The highest BCUT2D eigenvalue weighted by Gasteiger charge is 2.23. The first-order chi connectivity index (χ1) is 10.1. The topological polar surface area (TPSA) is 46.4 Å². The maximum Gasteiger partial charge on any atom is 0.305 e. The van der Waals surface area contributed by atoms with E-state index in [1.54, 1.807) is 6.07 Å². The van der Waals surface area contributed by atoms with E-state index in [2.05, 4.69) is 0 Å². The number of rotatable bonds is 3. The van der Waals surface area contributed by atoms with Gasteiger partial charge in [0, 0.05) is 30.4 Å². The Hall–Kier alpha value is -2.50. The Morgan fingerprint density at radius 3 is 2.81 bits per heavy atom. The second-order valence-electron chi connectivity index (χ2n) is 4.95. The van der Waals surface area contributed by atoms with Gasteiger partial charge in [0.25, 0.3) is 0 Å². The molecule has 0 fully saturated rings. The molecular formula is C15H12F2N2O2. The van der Waals surface area contributed by atoms with Crippen molar-refractivity contribution in [2.75, 3.05) is 11.4 Å². The Bertz CT molecular complexity index is 719. The molecule has 0 atom stereocenters. The second kappa shape index (κ2) is 5.12. The second-order valence-corrected chi connectivity index (χ2v) is 4.95. The van der Waals surface area contributed by atoms with Crippen LogP contribution in [0.5, 0.6) is 0 Å². The van der Waals surface area contributed by atoms with Crippen LogP contribution in [-0.2, 0) is 13.0 Å². The lowest BCUT2D eigenvalue weighted by Crippen LogP contribution is -2.20. The van der Waals surface area contributed by atoms with Gasteiger partial charge in [0.2, 0.25) is 5.82 Å². The molecule has 0 spiro atoms. The van der Waals surface area contributed by atoms with Crippen molar-refractivity contribution in [2.24, 2.45) is 0 Å². The van der Waals surface area contributed by atoms with E-state index >= 15 is 0 Å². The largest absolute Gasteiger partial charge is 0.366 e. The van der Waals surface area contributed by atoms with E-state index in [0.29, 0.717) is 6.54 Å². The lowest BCUT2D eigenvalue weighted by molar-refractivity contribution is -0.387. The van der Waals surface area contributed by atoms with Crippen LogP contribution in [0, 0.1) is 21.7 Å². The lowest BCUT2D eigenvalue weighted by atomic mass is 10.1. The minimum absolute atomic E-state index is 0.184. The summed E-state index contributed by atoms with van der Waals surface area (Å²) in [5.41, 5.74) is 1.43. The highest BCUT2D eigenvalue weighted by atomic mass is 19.1. The standard InChI is InChI=1S/C15H12F2N2O2/c16-12-5-4-10-6-7-18(14(10)8-12)9-11-2-1-3-13(15(11)17)19(20)21/h1-5,8H,6-7,9H2.